The molecule has 1 N–H and O–H groups in total. The van der Waals surface area contributed by atoms with Crippen molar-refractivity contribution in [1.29, 1.82) is 0 Å². The second-order valence-electron chi connectivity index (χ2n) is 4.36. The molecule has 0 radical (unpaired) electrons. The Kier molecular flexibility index (Phi) is 3.69. The maximum atomic E-state index is 12.2. The van der Waals surface area contributed by atoms with E-state index in [0.717, 1.165) is 13.0 Å². The molecule has 1 fully saturated rings. The third kappa shape index (κ3) is 2.45. The number of methoxy groups -OCH3 is 1. The van der Waals surface area contributed by atoms with Crippen LogP contribution in [0.5, 0.6) is 5.75 Å². The largest absolute Gasteiger partial charge is 0.495 e. The molecular weight excluding hydrogens is 238 g/mol. The summed E-state index contributed by atoms with van der Waals surface area (Å²) in [5, 5.41) is 11.4. The van der Waals surface area contributed by atoms with E-state index >= 15 is 0 Å². The van der Waals surface area contributed by atoms with E-state index in [2.05, 4.69) is 0 Å². The molecule has 0 aromatic carbocycles. The van der Waals surface area contributed by atoms with Crippen LogP contribution >= 0.6 is 11.3 Å². The maximum Gasteiger partial charge on any atom is 0.267 e. The summed E-state index contributed by atoms with van der Waals surface area (Å²) < 4.78 is 5.15. The fourth-order valence-corrected chi connectivity index (χ4v) is 2.95. The second kappa shape index (κ2) is 5.06. The van der Waals surface area contributed by atoms with Crippen LogP contribution in [-0.2, 0) is 0 Å². The van der Waals surface area contributed by atoms with Crippen LogP contribution in [0, 0.1) is 5.92 Å². The van der Waals surface area contributed by atoms with E-state index in [1.54, 1.807) is 25.0 Å². The molecule has 5 heteroatoms. The zero-order chi connectivity index (χ0) is 12.4. The van der Waals surface area contributed by atoms with Gasteiger partial charge in [-0.05, 0) is 24.8 Å². The van der Waals surface area contributed by atoms with Crippen molar-refractivity contribution in [3.8, 4) is 5.75 Å². The standard InChI is InChI=1S/C12H17NO3S/c1-8(14)9-3-5-13(7-9)12(15)11-10(16-2)4-6-17-11/h4,6,8-9,14H,3,5,7H2,1-2H3. The summed E-state index contributed by atoms with van der Waals surface area (Å²) in [5.74, 6) is 0.852. The Bertz CT molecular complexity index is 402. The molecule has 2 unspecified atom stereocenters. The number of carbonyl (C=O) groups is 1. The number of likely N-dealkylation sites (tertiary alicyclic amines) is 1. The van der Waals surface area contributed by atoms with Gasteiger partial charge < -0.3 is 14.7 Å². The van der Waals surface area contributed by atoms with Crippen LogP contribution in [-0.4, -0.2) is 42.2 Å². The van der Waals surface area contributed by atoms with E-state index in [4.69, 9.17) is 4.74 Å². The van der Waals surface area contributed by atoms with Gasteiger partial charge in [0.15, 0.2) is 0 Å². The summed E-state index contributed by atoms with van der Waals surface area (Å²) >= 11 is 1.40. The molecule has 1 aromatic heterocycles. The smallest absolute Gasteiger partial charge is 0.267 e. The average Bonchev–Trinajstić information content (AvgIpc) is 2.96. The van der Waals surface area contributed by atoms with Gasteiger partial charge >= 0.3 is 0 Å². The molecule has 1 amide bonds. The minimum Gasteiger partial charge on any atom is -0.495 e. The van der Waals surface area contributed by atoms with Crippen LogP contribution in [0.1, 0.15) is 23.0 Å². The summed E-state index contributed by atoms with van der Waals surface area (Å²) in [5.41, 5.74) is 0. The van der Waals surface area contributed by atoms with Gasteiger partial charge in [-0.1, -0.05) is 0 Å². The molecule has 0 bridgehead atoms. The Morgan fingerprint density at radius 3 is 3.06 bits per heavy atom. The summed E-state index contributed by atoms with van der Waals surface area (Å²) in [7, 11) is 1.57. The quantitative estimate of drug-likeness (QED) is 0.892. The average molecular weight is 255 g/mol. The molecule has 2 rings (SSSR count). The lowest BCUT2D eigenvalue weighted by Gasteiger charge is -2.17. The summed E-state index contributed by atoms with van der Waals surface area (Å²) in [6.45, 7) is 3.14. The number of thiophene rings is 1. The summed E-state index contributed by atoms with van der Waals surface area (Å²) in [6.07, 6.45) is 0.523. The van der Waals surface area contributed by atoms with Crippen molar-refractivity contribution < 1.29 is 14.6 Å². The molecule has 2 atom stereocenters. The lowest BCUT2D eigenvalue weighted by atomic mass is 10.0. The van der Waals surface area contributed by atoms with Crippen molar-refractivity contribution in [3.63, 3.8) is 0 Å². The first-order chi connectivity index (χ1) is 8.13. The monoisotopic (exact) mass is 255 g/mol. The molecule has 0 aliphatic carbocycles. The van der Waals surface area contributed by atoms with Crippen LogP contribution in [0.4, 0.5) is 0 Å². The minimum absolute atomic E-state index is 0.0139. The van der Waals surface area contributed by atoms with Gasteiger partial charge in [0.2, 0.25) is 0 Å². The maximum absolute atomic E-state index is 12.2. The van der Waals surface area contributed by atoms with E-state index in [-0.39, 0.29) is 17.9 Å². The molecule has 94 valence electrons. The third-order valence-electron chi connectivity index (χ3n) is 3.24. The third-order valence-corrected chi connectivity index (χ3v) is 4.12. The van der Waals surface area contributed by atoms with Gasteiger partial charge in [0.25, 0.3) is 5.91 Å². The number of nitrogens with zero attached hydrogens (tertiary/aromatic N) is 1. The number of amides is 1. The highest BCUT2D eigenvalue weighted by Gasteiger charge is 2.31. The molecule has 1 aliphatic heterocycles. The predicted octanol–water partition coefficient (Wildman–Crippen LogP) is 1.60. The Morgan fingerprint density at radius 1 is 1.71 bits per heavy atom. The first-order valence-electron chi connectivity index (χ1n) is 5.72. The Labute approximate surface area is 105 Å². The van der Waals surface area contributed by atoms with Crippen molar-refractivity contribution >= 4 is 17.2 Å². The first kappa shape index (κ1) is 12.4. The van der Waals surface area contributed by atoms with E-state index < -0.39 is 0 Å². The number of carbonyl (C=O) groups excluding carboxylic acids is 1. The molecule has 1 saturated heterocycles. The van der Waals surface area contributed by atoms with E-state index in [1.165, 1.54) is 11.3 Å². The topological polar surface area (TPSA) is 49.8 Å². The second-order valence-corrected chi connectivity index (χ2v) is 5.27. The number of aliphatic hydroxyl groups is 1. The molecule has 0 spiro atoms. The van der Waals surface area contributed by atoms with Gasteiger partial charge in [-0.3, -0.25) is 4.79 Å². The molecule has 4 nitrogen and oxygen atoms in total. The number of aliphatic hydroxyl groups excluding tert-OH is 1. The molecule has 1 aromatic rings. The van der Waals surface area contributed by atoms with Crippen LogP contribution in [0.25, 0.3) is 0 Å². The van der Waals surface area contributed by atoms with E-state index in [0.29, 0.717) is 17.2 Å². The van der Waals surface area contributed by atoms with Crippen molar-refractivity contribution in [2.75, 3.05) is 20.2 Å². The number of rotatable bonds is 3. The lowest BCUT2D eigenvalue weighted by Crippen LogP contribution is -2.30. The van der Waals surface area contributed by atoms with Crippen LogP contribution < -0.4 is 4.74 Å². The zero-order valence-corrected chi connectivity index (χ0v) is 10.9. The highest BCUT2D eigenvalue weighted by Crippen LogP contribution is 2.29. The molecule has 0 saturated carbocycles. The van der Waals surface area contributed by atoms with Crippen LogP contribution in [0.2, 0.25) is 0 Å². The molecular formula is C12H17NO3S. The van der Waals surface area contributed by atoms with Gasteiger partial charge in [-0.15, -0.1) is 11.3 Å². The van der Waals surface area contributed by atoms with Crippen LogP contribution in [0.3, 0.4) is 0 Å². The lowest BCUT2D eigenvalue weighted by molar-refractivity contribution is 0.0764. The summed E-state index contributed by atoms with van der Waals surface area (Å²) in [4.78, 5) is 14.7. The SMILES string of the molecule is COc1ccsc1C(=O)N1CCC(C(C)O)C1. The van der Waals surface area contributed by atoms with Crippen molar-refractivity contribution in [1.82, 2.24) is 4.90 Å². The zero-order valence-electron chi connectivity index (χ0n) is 10.0. The van der Waals surface area contributed by atoms with Crippen LogP contribution in [0.15, 0.2) is 11.4 Å². The van der Waals surface area contributed by atoms with Gasteiger partial charge in [-0.25, -0.2) is 0 Å². The van der Waals surface area contributed by atoms with E-state index in [9.17, 15) is 9.90 Å². The Hall–Kier alpha value is -1.07. The molecule has 2 heterocycles. The van der Waals surface area contributed by atoms with Gasteiger partial charge in [0.1, 0.15) is 10.6 Å². The number of ether oxygens (including phenoxy) is 1. The number of hydrogen-bond acceptors (Lipinski definition) is 4. The van der Waals surface area contributed by atoms with E-state index in [1.807, 2.05) is 5.38 Å². The number of hydrogen-bond donors (Lipinski definition) is 1. The molecule has 17 heavy (non-hydrogen) atoms. The highest BCUT2D eigenvalue weighted by molar-refractivity contribution is 7.12. The Morgan fingerprint density at radius 2 is 2.47 bits per heavy atom. The van der Waals surface area contributed by atoms with Gasteiger partial charge in [-0.2, -0.15) is 0 Å². The normalized spacial score (nSPS) is 21.6. The highest BCUT2D eigenvalue weighted by atomic mass is 32.1. The predicted molar refractivity (Wildman–Crippen MR) is 66.6 cm³/mol. The summed E-state index contributed by atoms with van der Waals surface area (Å²) in [6, 6.07) is 1.81. The van der Waals surface area contributed by atoms with Crippen molar-refractivity contribution in [3.05, 3.63) is 16.3 Å². The first-order valence-corrected chi connectivity index (χ1v) is 6.60. The minimum atomic E-state index is -0.349. The van der Waals surface area contributed by atoms with Gasteiger partial charge in [0.05, 0.1) is 13.2 Å². The van der Waals surface area contributed by atoms with Crippen molar-refractivity contribution in [2.24, 2.45) is 5.92 Å². The fraction of sp³-hybridized carbons (Fsp3) is 0.583. The van der Waals surface area contributed by atoms with Gasteiger partial charge in [0, 0.05) is 19.0 Å². The Balaban J connectivity index is 2.07. The van der Waals surface area contributed by atoms with Crippen molar-refractivity contribution in [2.45, 2.75) is 19.4 Å². The fourth-order valence-electron chi connectivity index (χ4n) is 2.12. The molecule has 1 aliphatic rings.